The summed E-state index contributed by atoms with van der Waals surface area (Å²) in [5.41, 5.74) is 0. The van der Waals surface area contributed by atoms with Crippen molar-refractivity contribution in [2.24, 2.45) is 7.05 Å². The predicted octanol–water partition coefficient (Wildman–Crippen LogP) is 0.0429. The molecule has 1 aliphatic rings. The van der Waals surface area contributed by atoms with Crippen LogP contribution in [0.1, 0.15) is 31.6 Å². The van der Waals surface area contributed by atoms with Crippen molar-refractivity contribution < 1.29 is 8.42 Å². The molecule has 0 aliphatic carbocycles. The number of aromatic nitrogens is 3. The standard InChI is InChI=1S/C10H18N4O2S/c1-8(10-13-11-7-14(10)2)12-9-4-3-5-17(15,16)6-9/h7-9,12H,3-6H2,1-2H3. The molecule has 7 heteroatoms. The van der Waals surface area contributed by atoms with Crippen LogP contribution in [0, 0.1) is 0 Å². The van der Waals surface area contributed by atoms with Gasteiger partial charge in [0.1, 0.15) is 12.2 Å². The summed E-state index contributed by atoms with van der Waals surface area (Å²) >= 11 is 0. The summed E-state index contributed by atoms with van der Waals surface area (Å²) in [5.74, 6) is 1.38. The summed E-state index contributed by atoms with van der Waals surface area (Å²) in [6, 6.07) is 0.0428. The molecule has 6 nitrogen and oxygen atoms in total. The average molecular weight is 258 g/mol. The summed E-state index contributed by atoms with van der Waals surface area (Å²) in [4.78, 5) is 0. The molecular formula is C10H18N4O2S. The van der Waals surface area contributed by atoms with Gasteiger partial charge in [0.05, 0.1) is 17.5 Å². The quantitative estimate of drug-likeness (QED) is 0.828. The van der Waals surface area contributed by atoms with Gasteiger partial charge in [-0.3, -0.25) is 0 Å². The zero-order valence-corrected chi connectivity index (χ0v) is 10.9. The molecule has 1 fully saturated rings. The topological polar surface area (TPSA) is 76.9 Å². The maximum absolute atomic E-state index is 11.5. The van der Waals surface area contributed by atoms with Crippen LogP contribution in [-0.4, -0.2) is 40.7 Å². The first-order valence-corrected chi connectivity index (χ1v) is 7.60. The number of hydrogen-bond donors (Lipinski definition) is 1. The molecule has 0 aromatic carbocycles. The highest BCUT2D eigenvalue weighted by atomic mass is 32.2. The third-order valence-electron chi connectivity index (χ3n) is 3.08. The lowest BCUT2D eigenvalue weighted by atomic mass is 10.1. The number of sulfone groups is 1. The van der Waals surface area contributed by atoms with E-state index in [1.807, 2.05) is 18.5 Å². The van der Waals surface area contributed by atoms with Crippen molar-refractivity contribution in [1.29, 1.82) is 0 Å². The lowest BCUT2D eigenvalue weighted by molar-refractivity contribution is 0.421. The van der Waals surface area contributed by atoms with E-state index in [4.69, 9.17) is 0 Å². The van der Waals surface area contributed by atoms with Crippen LogP contribution in [0.5, 0.6) is 0 Å². The minimum atomic E-state index is -2.86. The molecule has 1 aromatic heterocycles. The SMILES string of the molecule is CC(NC1CCCS(=O)(=O)C1)c1nncn1C. The van der Waals surface area contributed by atoms with Crippen LogP contribution in [0.4, 0.5) is 0 Å². The fourth-order valence-electron chi connectivity index (χ4n) is 2.27. The van der Waals surface area contributed by atoms with Crippen molar-refractivity contribution in [3.63, 3.8) is 0 Å². The van der Waals surface area contributed by atoms with E-state index >= 15 is 0 Å². The van der Waals surface area contributed by atoms with Gasteiger partial charge in [-0.1, -0.05) is 0 Å². The van der Waals surface area contributed by atoms with Crippen molar-refractivity contribution >= 4 is 9.84 Å². The van der Waals surface area contributed by atoms with Gasteiger partial charge in [-0.2, -0.15) is 0 Å². The fourth-order valence-corrected chi connectivity index (χ4v) is 3.92. The van der Waals surface area contributed by atoms with Gasteiger partial charge in [0, 0.05) is 13.1 Å². The van der Waals surface area contributed by atoms with E-state index in [-0.39, 0.29) is 17.8 Å². The lowest BCUT2D eigenvalue weighted by Crippen LogP contribution is -2.41. The molecule has 0 spiro atoms. The molecule has 17 heavy (non-hydrogen) atoms. The number of nitrogens with zero attached hydrogens (tertiary/aromatic N) is 3. The zero-order valence-electron chi connectivity index (χ0n) is 10.1. The molecule has 0 radical (unpaired) electrons. The minimum absolute atomic E-state index is 0.0146. The Bertz CT molecular complexity index is 482. The molecule has 1 aromatic rings. The molecule has 0 bridgehead atoms. The fraction of sp³-hybridized carbons (Fsp3) is 0.800. The van der Waals surface area contributed by atoms with Crippen LogP contribution in [0.15, 0.2) is 6.33 Å². The highest BCUT2D eigenvalue weighted by Crippen LogP contribution is 2.16. The first kappa shape index (κ1) is 12.5. The smallest absolute Gasteiger partial charge is 0.151 e. The van der Waals surface area contributed by atoms with Gasteiger partial charge in [0.15, 0.2) is 9.84 Å². The van der Waals surface area contributed by atoms with Crippen molar-refractivity contribution in [2.45, 2.75) is 31.8 Å². The average Bonchev–Trinajstić information content (AvgIpc) is 2.62. The Morgan fingerprint density at radius 1 is 1.59 bits per heavy atom. The Kier molecular flexibility index (Phi) is 3.48. The van der Waals surface area contributed by atoms with E-state index in [1.54, 1.807) is 6.33 Å². The molecule has 2 heterocycles. The van der Waals surface area contributed by atoms with Crippen LogP contribution in [0.2, 0.25) is 0 Å². The molecule has 1 N–H and O–H groups in total. The lowest BCUT2D eigenvalue weighted by Gasteiger charge is -2.26. The number of rotatable bonds is 3. The Labute approximate surface area is 101 Å². The van der Waals surface area contributed by atoms with Gasteiger partial charge in [-0.25, -0.2) is 8.42 Å². The van der Waals surface area contributed by atoms with E-state index in [0.29, 0.717) is 5.75 Å². The van der Waals surface area contributed by atoms with Crippen LogP contribution in [0.25, 0.3) is 0 Å². The molecule has 0 amide bonds. The third kappa shape index (κ3) is 3.04. The largest absolute Gasteiger partial charge is 0.319 e. The van der Waals surface area contributed by atoms with E-state index in [1.165, 1.54) is 0 Å². The second kappa shape index (κ2) is 4.73. The summed E-state index contributed by atoms with van der Waals surface area (Å²) in [7, 11) is -0.982. The second-order valence-electron chi connectivity index (χ2n) is 4.64. The van der Waals surface area contributed by atoms with Crippen molar-refractivity contribution in [1.82, 2.24) is 20.1 Å². The molecule has 0 saturated carbocycles. The van der Waals surface area contributed by atoms with Crippen LogP contribution in [-0.2, 0) is 16.9 Å². The zero-order chi connectivity index (χ0) is 12.5. The molecular weight excluding hydrogens is 240 g/mol. The van der Waals surface area contributed by atoms with Gasteiger partial charge in [-0.15, -0.1) is 10.2 Å². The summed E-state index contributed by atoms with van der Waals surface area (Å²) in [6.45, 7) is 1.98. The van der Waals surface area contributed by atoms with E-state index in [2.05, 4.69) is 15.5 Å². The Hall–Kier alpha value is -0.950. The highest BCUT2D eigenvalue weighted by Gasteiger charge is 2.26. The minimum Gasteiger partial charge on any atom is -0.319 e. The first-order valence-electron chi connectivity index (χ1n) is 5.78. The Morgan fingerprint density at radius 3 is 2.94 bits per heavy atom. The second-order valence-corrected chi connectivity index (χ2v) is 6.87. The molecule has 96 valence electrons. The predicted molar refractivity (Wildman–Crippen MR) is 64.2 cm³/mol. The summed E-state index contributed by atoms with van der Waals surface area (Å²) < 4.78 is 24.9. The number of nitrogens with one attached hydrogen (secondary N) is 1. The number of hydrogen-bond acceptors (Lipinski definition) is 5. The number of aryl methyl sites for hydroxylation is 1. The monoisotopic (exact) mass is 258 g/mol. The third-order valence-corrected chi connectivity index (χ3v) is 4.90. The first-order chi connectivity index (χ1) is 7.98. The van der Waals surface area contributed by atoms with Crippen molar-refractivity contribution in [3.05, 3.63) is 12.2 Å². The maximum atomic E-state index is 11.5. The maximum Gasteiger partial charge on any atom is 0.151 e. The van der Waals surface area contributed by atoms with Gasteiger partial charge < -0.3 is 9.88 Å². The van der Waals surface area contributed by atoms with Gasteiger partial charge >= 0.3 is 0 Å². The van der Waals surface area contributed by atoms with E-state index < -0.39 is 9.84 Å². The molecule has 2 rings (SSSR count). The normalized spacial score (nSPS) is 25.6. The van der Waals surface area contributed by atoms with Crippen molar-refractivity contribution in [3.8, 4) is 0 Å². The molecule has 1 aliphatic heterocycles. The van der Waals surface area contributed by atoms with Crippen LogP contribution < -0.4 is 5.32 Å². The van der Waals surface area contributed by atoms with E-state index in [9.17, 15) is 8.42 Å². The highest BCUT2D eigenvalue weighted by molar-refractivity contribution is 7.91. The van der Waals surface area contributed by atoms with Crippen LogP contribution in [0.3, 0.4) is 0 Å². The molecule has 2 atom stereocenters. The molecule has 1 saturated heterocycles. The van der Waals surface area contributed by atoms with E-state index in [0.717, 1.165) is 18.7 Å². The van der Waals surface area contributed by atoms with Gasteiger partial charge in [0.2, 0.25) is 0 Å². The Balaban J connectivity index is 2.00. The summed E-state index contributed by atoms with van der Waals surface area (Å²) in [6.07, 6.45) is 3.29. The molecule has 2 unspecified atom stereocenters. The van der Waals surface area contributed by atoms with Gasteiger partial charge in [0.25, 0.3) is 0 Å². The van der Waals surface area contributed by atoms with Crippen LogP contribution >= 0.6 is 0 Å². The van der Waals surface area contributed by atoms with Gasteiger partial charge in [-0.05, 0) is 19.8 Å². The van der Waals surface area contributed by atoms with Crippen molar-refractivity contribution in [2.75, 3.05) is 11.5 Å². The summed E-state index contributed by atoms with van der Waals surface area (Å²) in [5, 5.41) is 11.2. The Morgan fingerprint density at radius 2 is 2.35 bits per heavy atom.